The summed E-state index contributed by atoms with van der Waals surface area (Å²) in [5, 5.41) is 0. The van der Waals surface area contributed by atoms with Gasteiger partial charge in [-0.05, 0) is 64.4 Å². The first-order valence-corrected chi connectivity index (χ1v) is 14.8. The van der Waals surface area contributed by atoms with E-state index in [0.29, 0.717) is 17.5 Å². The highest BCUT2D eigenvalue weighted by Gasteiger charge is 2.51. The lowest BCUT2D eigenvalue weighted by Gasteiger charge is -2.30. The smallest absolute Gasteiger partial charge is 0.164 e. The molecular weight excluding hydrogens is 522 g/mol. The Balaban J connectivity index is 1.41. The molecule has 0 radical (unpaired) electrons. The molecule has 6 aromatic rings. The normalized spacial score (nSPS) is 14.0. The maximum absolute atomic E-state index is 5.06. The van der Waals surface area contributed by atoms with Gasteiger partial charge in [0.2, 0.25) is 0 Å². The number of nitrogens with zero attached hydrogens (tertiary/aromatic N) is 3. The Labute approximate surface area is 252 Å². The average molecular weight is 552 g/mol. The number of rotatable bonds is 4. The van der Waals surface area contributed by atoms with Gasteiger partial charge in [0.1, 0.15) is 0 Å². The van der Waals surface area contributed by atoms with Crippen molar-refractivity contribution in [2.75, 3.05) is 0 Å². The number of hydrogen-bond acceptors (Lipinski definition) is 3. The lowest BCUT2D eigenvalue weighted by atomic mass is 9.70. The first-order chi connectivity index (χ1) is 21.2. The molecule has 2 aliphatic rings. The molecule has 204 valence electrons. The summed E-state index contributed by atoms with van der Waals surface area (Å²) in [6.07, 6.45) is 6.12. The summed E-state index contributed by atoms with van der Waals surface area (Å²) in [6.45, 7) is 4.03. The third-order valence-electron chi connectivity index (χ3n) is 8.84. The number of benzene rings is 5. The van der Waals surface area contributed by atoms with E-state index in [0.717, 1.165) is 16.7 Å². The number of aromatic nitrogens is 3. The lowest BCUT2D eigenvalue weighted by molar-refractivity contribution is 0.794. The molecule has 2 aliphatic carbocycles. The topological polar surface area (TPSA) is 38.7 Å². The van der Waals surface area contributed by atoms with Crippen molar-refractivity contribution in [3.05, 3.63) is 168 Å². The Hall–Kier alpha value is -5.41. The molecule has 0 atom stereocenters. The highest BCUT2D eigenvalue weighted by Crippen LogP contribution is 2.62. The molecule has 0 amide bonds. The zero-order chi connectivity index (χ0) is 29.0. The second kappa shape index (κ2) is 9.85. The molecule has 0 unspecified atom stereocenters. The van der Waals surface area contributed by atoms with Gasteiger partial charge in [-0.2, -0.15) is 0 Å². The van der Waals surface area contributed by atoms with E-state index in [-0.39, 0.29) is 0 Å². The van der Waals surface area contributed by atoms with Crippen LogP contribution < -0.4 is 0 Å². The highest BCUT2D eigenvalue weighted by molar-refractivity contribution is 5.95. The fraction of sp³-hybridized carbons (Fsp3) is 0.0750. The van der Waals surface area contributed by atoms with Gasteiger partial charge in [-0.25, -0.2) is 15.0 Å². The summed E-state index contributed by atoms with van der Waals surface area (Å²) in [4.78, 5) is 15.0. The highest BCUT2D eigenvalue weighted by atomic mass is 15.0. The molecule has 1 spiro atoms. The van der Waals surface area contributed by atoms with Crippen LogP contribution in [-0.4, -0.2) is 15.0 Å². The molecular formula is C40H29N3. The molecule has 43 heavy (non-hydrogen) atoms. The predicted molar refractivity (Wildman–Crippen MR) is 175 cm³/mol. The maximum atomic E-state index is 5.06. The fourth-order valence-corrected chi connectivity index (χ4v) is 7.06. The Kier molecular flexibility index (Phi) is 5.80. The number of hydrogen-bond donors (Lipinski definition) is 0. The van der Waals surface area contributed by atoms with Crippen LogP contribution in [0.1, 0.15) is 41.9 Å². The van der Waals surface area contributed by atoms with E-state index in [1.807, 2.05) is 38.1 Å². The average Bonchev–Trinajstić information content (AvgIpc) is 3.54. The monoisotopic (exact) mass is 551 g/mol. The van der Waals surface area contributed by atoms with Gasteiger partial charge in [0, 0.05) is 16.7 Å². The van der Waals surface area contributed by atoms with Crippen molar-refractivity contribution in [2.24, 2.45) is 0 Å². The SMILES string of the molecule is C/C=C\C(=C/C)c1nc(-c2ccccc2)nc(-c2ccc3c(c2)C2(c4ccccc4-c4ccccc42)c2ccccc2-3)n1. The molecule has 0 bridgehead atoms. The Morgan fingerprint density at radius 3 is 1.58 bits per heavy atom. The van der Waals surface area contributed by atoms with E-state index in [2.05, 4.69) is 115 Å². The van der Waals surface area contributed by atoms with Gasteiger partial charge in [-0.1, -0.05) is 133 Å². The van der Waals surface area contributed by atoms with Crippen LogP contribution >= 0.6 is 0 Å². The Morgan fingerprint density at radius 2 is 1.02 bits per heavy atom. The third-order valence-corrected chi connectivity index (χ3v) is 8.84. The zero-order valence-corrected chi connectivity index (χ0v) is 24.1. The minimum Gasteiger partial charge on any atom is -0.208 e. The van der Waals surface area contributed by atoms with E-state index in [1.54, 1.807) is 0 Å². The molecule has 0 aliphatic heterocycles. The third kappa shape index (κ3) is 3.65. The second-order valence-corrected chi connectivity index (χ2v) is 11.1. The number of fused-ring (bicyclic) bond motifs is 10. The summed E-state index contributed by atoms with van der Waals surface area (Å²) >= 11 is 0. The van der Waals surface area contributed by atoms with Gasteiger partial charge in [0.05, 0.1) is 5.41 Å². The van der Waals surface area contributed by atoms with Crippen molar-refractivity contribution in [3.63, 3.8) is 0 Å². The quantitative estimate of drug-likeness (QED) is 0.204. The largest absolute Gasteiger partial charge is 0.208 e. The first kappa shape index (κ1) is 25.3. The van der Waals surface area contributed by atoms with Gasteiger partial charge in [0.25, 0.3) is 0 Å². The van der Waals surface area contributed by atoms with Crippen LogP contribution in [0.5, 0.6) is 0 Å². The molecule has 1 heterocycles. The van der Waals surface area contributed by atoms with Gasteiger partial charge >= 0.3 is 0 Å². The lowest BCUT2D eigenvalue weighted by Crippen LogP contribution is -2.25. The van der Waals surface area contributed by atoms with Crippen LogP contribution in [0.4, 0.5) is 0 Å². The van der Waals surface area contributed by atoms with Gasteiger partial charge in [-0.15, -0.1) is 0 Å². The molecule has 8 rings (SSSR count). The van der Waals surface area contributed by atoms with Crippen LogP contribution in [0, 0.1) is 0 Å². The molecule has 3 nitrogen and oxygen atoms in total. The van der Waals surface area contributed by atoms with E-state index < -0.39 is 5.41 Å². The van der Waals surface area contributed by atoms with Gasteiger partial charge < -0.3 is 0 Å². The molecule has 0 fully saturated rings. The number of allylic oxidation sites excluding steroid dienone is 4. The summed E-state index contributed by atoms with van der Waals surface area (Å²) in [6, 6.07) is 43.5. The molecule has 1 aromatic heterocycles. The van der Waals surface area contributed by atoms with Crippen LogP contribution in [0.2, 0.25) is 0 Å². The first-order valence-electron chi connectivity index (χ1n) is 14.8. The minimum atomic E-state index is -0.410. The summed E-state index contributed by atoms with van der Waals surface area (Å²) in [5.74, 6) is 2.00. The van der Waals surface area contributed by atoms with Crippen molar-refractivity contribution >= 4 is 5.57 Å². The Morgan fingerprint density at radius 1 is 0.512 bits per heavy atom. The van der Waals surface area contributed by atoms with Crippen molar-refractivity contribution in [1.29, 1.82) is 0 Å². The standard InChI is InChI=1S/C40H29N3/c1-3-14-26(4-2)37-41-38(27-15-6-5-7-16-27)43-39(42-37)28-23-24-32-31-19-10-13-22-35(31)40(36(32)25-28)33-20-11-8-17-29(33)30-18-9-12-21-34(30)40/h3-25H,1-2H3/b14-3-,26-4+. The molecule has 3 heteroatoms. The van der Waals surface area contributed by atoms with Crippen LogP contribution in [0.15, 0.2) is 140 Å². The van der Waals surface area contributed by atoms with Crippen molar-refractivity contribution < 1.29 is 0 Å². The van der Waals surface area contributed by atoms with E-state index in [4.69, 9.17) is 15.0 Å². The van der Waals surface area contributed by atoms with E-state index >= 15 is 0 Å². The van der Waals surface area contributed by atoms with E-state index in [9.17, 15) is 0 Å². The van der Waals surface area contributed by atoms with Crippen LogP contribution in [0.3, 0.4) is 0 Å². The molecule has 0 saturated heterocycles. The van der Waals surface area contributed by atoms with E-state index in [1.165, 1.54) is 44.5 Å². The van der Waals surface area contributed by atoms with Crippen molar-refractivity contribution in [3.8, 4) is 45.0 Å². The minimum absolute atomic E-state index is 0.410. The second-order valence-electron chi connectivity index (χ2n) is 11.1. The summed E-state index contributed by atoms with van der Waals surface area (Å²) in [7, 11) is 0. The fourth-order valence-electron chi connectivity index (χ4n) is 7.06. The molecule has 0 saturated carbocycles. The maximum Gasteiger partial charge on any atom is 0.164 e. The summed E-state index contributed by atoms with van der Waals surface area (Å²) in [5.41, 5.74) is 12.9. The zero-order valence-electron chi connectivity index (χ0n) is 24.1. The molecule has 0 N–H and O–H groups in total. The van der Waals surface area contributed by atoms with Gasteiger partial charge in [0.15, 0.2) is 17.5 Å². The predicted octanol–water partition coefficient (Wildman–Crippen LogP) is 9.53. The van der Waals surface area contributed by atoms with Gasteiger partial charge in [-0.3, -0.25) is 0 Å². The van der Waals surface area contributed by atoms with Crippen molar-refractivity contribution in [1.82, 2.24) is 15.0 Å². The van der Waals surface area contributed by atoms with Crippen LogP contribution in [-0.2, 0) is 5.41 Å². The summed E-state index contributed by atoms with van der Waals surface area (Å²) < 4.78 is 0. The molecule has 5 aromatic carbocycles. The van der Waals surface area contributed by atoms with Crippen molar-refractivity contribution in [2.45, 2.75) is 19.3 Å². The van der Waals surface area contributed by atoms with Crippen LogP contribution in [0.25, 0.3) is 50.6 Å². The Bertz CT molecular complexity index is 2040.